The Kier molecular flexibility index (Phi) is 7.23. The predicted octanol–water partition coefficient (Wildman–Crippen LogP) is 11.1. The lowest BCUT2D eigenvalue weighted by Gasteiger charge is -2.31. The Morgan fingerprint density at radius 2 is 1.60 bits per heavy atom. The molecule has 50 heavy (non-hydrogen) atoms. The minimum Gasteiger partial charge on any atom is -0.363 e. The fourth-order valence-electron chi connectivity index (χ4n) is 8.34. The van der Waals surface area contributed by atoms with E-state index in [1.165, 1.54) is 60.6 Å². The van der Waals surface area contributed by atoms with Crippen molar-refractivity contribution in [1.82, 2.24) is 9.88 Å². The molecule has 0 radical (unpaired) electrons. The van der Waals surface area contributed by atoms with Gasteiger partial charge in [-0.1, -0.05) is 134 Å². The number of rotatable bonds is 5. The molecule has 0 saturated heterocycles. The van der Waals surface area contributed by atoms with Gasteiger partial charge in [0.1, 0.15) is 5.84 Å². The molecule has 5 aliphatic rings. The third kappa shape index (κ3) is 5.01. The van der Waals surface area contributed by atoms with Gasteiger partial charge in [-0.3, -0.25) is 0 Å². The Bertz CT molecular complexity index is 2360. The molecular formula is C46H37N3S. The zero-order valence-corrected chi connectivity index (χ0v) is 28.6. The lowest BCUT2D eigenvalue weighted by atomic mass is 9.89. The highest BCUT2D eigenvalue weighted by Crippen LogP contribution is 2.53. The van der Waals surface area contributed by atoms with Crippen LogP contribution in [0.1, 0.15) is 47.2 Å². The first-order valence-corrected chi connectivity index (χ1v) is 18.7. The summed E-state index contributed by atoms with van der Waals surface area (Å²) in [6, 6.07) is 37.6. The summed E-state index contributed by atoms with van der Waals surface area (Å²) in [5.74, 6) is 1.54. The summed E-state index contributed by atoms with van der Waals surface area (Å²) in [7, 11) is 0. The molecule has 242 valence electrons. The Morgan fingerprint density at radius 1 is 0.780 bits per heavy atom. The van der Waals surface area contributed by atoms with Gasteiger partial charge in [-0.15, -0.1) is 11.8 Å². The number of amidine groups is 1. The molecule has 3 aliphatic carbocycles. The SMILES string of the molecule is C1=CC2c3ccccc3SC2C(n2c3c(c4ccccc42)C=CC(C2=NC(C4=CCCC=C4)=CC(c4ccc(-c5ccccc5)cc4)N2)C3)=C1. The fraction of sp³-hybridized carbons (Fsp3) is 0.152. The summed E-state index contributed by atoms with van der Waals surface area (Å²) in [5.41, 5.74) is 12.8. The molecule has 1 aromatic heterocycles. The molecule has 3 heterocycles. The molecule has 0 spiro atoms. The standard InChI is InChI=1S/C46H37N3S/c1-3-12-30(13-4-1)31-22-24-33(25-23-31)40-29-39(32-14-5-2-6-15-32)47-46(48-40)34-26-27-36-35-16-7-9-19-41(35)49(43(36)28-34)42-20-11-18-38-37-17-8-10-21-44(37)50-45(38)42/h1,3-5,7-27,29,34,38,40,45H,2,6,28H2,(H,47,48). The molecule has 10 rings (SSSR count). The quantitative estimate of drug-likeness (QED) is 0.203. The van der Waals surface area contributed by atoms with Crippen LogP contribution in [0.2, 0.25) is 0 Å². The first kappa shape index (κ1) is 29.6. The fourth-order valence-corrected chi connectivity index (χ4v) is 9.80. The summed E-state index contributed by atoms with van der Waals surface area (Å²) < 4.78 is 2.59. The molecule has 4 atom stereocenters. The second kappa shape index (κ2) is 12.2. The van der Waals surface area contributed by atoms with Crippen molar-refractivity contribution in [2.45, 2.75) is 41.4 Å². The summed E-state index contributed by atoms with van der Waals surface area (Å²) in [4.78, 5) is 6.78. The highest BCUT2D eigenvalue weighted by atomic mass is 32.2. The number of aromatic nitrogens is 1. The van der Waals surface area contributed by atoms with E-state index in [1.807, 2.05) is 11.8 Å². The lowest BCUT2D eigenvalue weighted by molar-refractivity contribution is 0.690. The lowest BCUT2D eigenvalue weighted by Crippen LogP contribution is -2.37. The minimum atomic E-state index is 0.0274. The smallest absolute Gasteiger partial charge is 0.110 e. The van der Waals surface area contributed by atoms with E-state index in [9.17, 15) is 0 Å². The van der Waals surface area contributed by atoms with Crippen LogP contribution in [0.4, 0.5) is 0 Å². The summed E-state index contributed by atoms with van der Waals surface area (Å²) >= 11 is 2.01. The minimum absolute atomic E-state index is 0.0274. The van der Waals surface area contributed by atoms with Crippen molar-refractivity contribution < 1.29 is 0 Å². The van der Waals surface area contributed by atoms with Crippen molar-refractivity contribution in [1.29, 1.82) is 0 Å². The average Bonchev–Trinajstić information content (AvgIpc) is 3.74. The first-order valence-electron chi connectivity index (χ1n) is 17.8. The Hall–Kier alpha value is -5.32. The van der Waals surface area contributed by atoms with Gasteiger partial charge in [0, 0.05) is 45.5 Å². The van der Waals surface area contributed by atoms with E-state index in [1.54, 1.807) is 0 Å². The zero-order valence-electron chi connectivity index (χ0n) is 27.7. The van der Waals surface area contributed by atoms with Gasteiger partial charge in [-0.25, -0.2) is 4.99 Å². The molecule has 2 aliphatic heterocycles. The maximum Gasteiger partial charge on any atom is 0.110 e. The number of nitrogens with zero attached hydrogens (tertiary/aromatic N) is 2. The van der Waals surface area contributed by atoms with Gasteiger partial charge in [-0.2, -0.15) is 0 Å². The van der Waals surface area contributed by atoms with Crippen molar-refractivity contribution >= 4 is 40.3 Å². The predicted molar refractivity (Wildman–Crippen MR) is 210 cm³/mol. The van der Waals surface area contributed by atoms with E-state index >= 15 is 0 Å². The van der Waals surface area contributed by atoms with Gasteiger partial charge in [-0.05, 0) is 65.0 Å². The molecule has 4 unspecified atom stereocenters. The van der Waals surface area contributed by atoms with Crippen LogP contribution in [0.25, 0.3) is 33.8 Å². The van der Waals surface area contributed by atoms with Crippen LogP contribution in [0.5, 0.6) is 0 Å². The molecular weight excluding hydrogens is 627 g/mol. The highest BCUT2D eigenvalue weighted by molar-refractivity contribution is 8.00. The second-order valence-electron chi connectivity index (χ2n) is 13.8. The molecule has 4 heteroatoms. The van der Waals surface area contributed by atoms with Crippen LogP contribution in [0, 0.1) is 5.92 Å². The summed E-state index contributed by atoms with van der Waals surface area (Å²) in [5, 5.41) is 5.57. The van der Waals surface area contributed by atoms with Crippen LogP contribution in [-0.4, -0.2) is 15.7 Å². The van der Waals surface area contributed by atoms with Crippen LogP contribution in [-0.2, 0) is 6.42 Å². The van der Waals surface area contributed by atoms with Crippen molar-refractivity contribution in [3.63, 3.8) is 0 Å². The normalized spacial score (nSPS) is 23.3. The maximum absolute atomic E-state index is 5.38. The van der Waals surface area contributed by atoms with Crippen LogP contribution in [0.3, 0.4) is 0 Å². The second-order valence-corrected chi connectivity index (χ2v) is 14.9. The number of para-hydroxylation sites is 1. The number of benzene rings is 4. The Labute approximate surface area is 297 Å². The monoisotopic (exact) mass is 663 g/mol. The number of hydrogen-bond donors (Lipinski definition) is 1. The van der Waals surface area contributed by atoms with Crippen molar-refractivity contribution in [2.24, 2.45) is 10.9 Å². The number of thioether (sulfide) groups is 1. The molecule has 0 fully saturated rings. The van der Waals surface area contributed by atoms with Gasteiger partial charge < -0.3 is 9.88 Å². The first-order chi connectivity index (χ1) is 24.8. The number of aliphatic imine (C=N–C) groups is 1. The molecule has 0 amide bonds. The highest BCUT2D eigenvalue weighted by Gasteiger charge is 2.38. The largest absolute Gasteiger partial charge is 0.363 e. The van der Waals surface area contributed by atoms with E-state index in [2.05, 4.69) is 168 Å². The van der Waals surface area contributed by atoms with Gasteiger partial charge in [0.25, 0.3) is 0 Å². The van der Waals surface area contributed by atoms with Crippen LogP contribution < -0.4 is 5.32 Å². The Balaban J connectivity index is 1.02. The zero-order chi connectivity index (χ0) is 33.0. The van der Waals surface area contributed by atoms with Gasteiger partial charge >= 0.3 is 0 Å². The van der Waals surface area contributed by atoms with Crippen molar-refractivity contribution in [3.05, 3.63) is 185 Å². The number of allylic oxidation sites excluding steroid dienone is 6. The average molecular weight is 664 g/mol. The van der Waals surface area contributed by atoms with Gasteiger partial charge in [0.2, 0.25) is 0 Å². The third-order valence-corrected chi connectivity index (χ3v) is 12.2. The third-order valence-electron chi connectivity index (χ3n) is 10.8. The number of hydrogen-bond acceptors (Lipinski definition) is 3. The molecule has 1 N–H and O–H groups in total. The van der Waals surface area contributed by atoms with E-state index in [4.69, 9.17) is 4.99 Å². The van der Waals surface area contributed by atoms with E-state index in [0.29, 0.717) is 11.2 Å². The van der Waals surface area contributed by atoms with E-state index in [0.717, 1.165) is 30.8 Å². The Morgan fingerprint density at radius 3 is 2.48 bits per heavy atom. The van der Waals surface area contributed by atoms with Crippen molar-refractivity contribution in [3.8, 4) is 11.1 Å². The van der Waals surface area contributed by atoms with Crippen molar-refractivity contribution in [2.75, 3.05) is 0 Å². The number of fused-ring (bicyclic) bond motifs is 6. The van der Waals surface area contributed by atoms with Crippen LogP contribution >= 0.6 is 11.8 Å². The maximum atomic E-state index is 5.38. The summed E-state index contributed by atoms with van der Waals surface area (Å²) in [6.45, 7) is 0. The van der Waals surface area contributed by atoms with Crippen LogP contribution in [0.15, 0.2) is 173 Å². The topological polar surface area (TPSA) is 29.3 Å². The molecule has 0 bridgehead atoms. The summed E-state index contributed by atoms with van der Waals surface area (Å²) in [6.07, 6.45) is 24.0. The molecule has 5 aromatic rings. The molecule has 3 nitrogen and oxygen atoms in total. The van der Waals surface area contributed by atoms with E-state index in [-0.39, 0.29) is 12.0 Å². The van der Waals surface area contributed by atoms with E-state index < -0.39 is 0 Å². The number of nitrogens with one attached hydrogen (secondary N) is 1. The van der Waals surface area contributed by atoms with Gasteiger partial charge in [0.15, 0.2) is 0 Å². The molecule has 4 aromatic carbocycles. The molecule has 0 saturated carbocycles. The van der Waals surface area contributed by atoms with Gasteiger partial charge in [0.05, 0.1) is 22.5 Å².